The molecule has 0 atom stereocenters. The Balaban J connectivity index is 2.39. The molecule has 0 saturated carbocycles. The fourth-order valence-electron chi connectivity index (χ4n) is 2.57. The van der Waals surface area contributed by atoms with Crippen LogP contribution in [0.1, 0.15) is 12.0 Å². The predicted octanol–water partition coefficient (Wildman–Crippen LogP) is 4.02. The molecule has 0 aliphatic heterocycles. The summed E-state index contributed by atoms with van der Waals surface area (Å²) >= 11 is 0. The lowest BCUT2D eigenvalue weighted by molar-refractivity contribution is 0.768. The van der Waals surface area contributed by atoms with E-state index in [0.717, 1.165) is 6.54 Å². The van der Waals surface area contributed by atoms with Crippen LogP contribution in [0, 0.1) is 18.3 Å². The summed E-state index contributed by atoms with van der Waals surface area (Å²) < 4.78 is 2.24. The zero-order chi connectivity index (χ0) is 12.5. The van der Waals surface area contributed by atoms with E-state index >= 15 is 0 Å². The van der Waals surface area contributed by atoms with Crippen molar-refractivity contribution in [2.24, 2.45) is 0 Å². The van der Waals surface area contributed by atoms with Crippen molar-refractivity contribution >= 4 is 21.8 Å². The third kappa shape index (κ3) is 1.56. The molecular weight excluding hydrogens is 220 g/mol. The van der Waals surface area contributed by atoms with Crippen LogP contribution in [0.4, 0.5) is 0 Å². The van der Waals surface area contributed by atoms with E-state index < -0.39 is 0 Å². The van der Waals surface area contributed by atoms with Crippen LogP contribution in [0.3, 0.4) is 0 Å². The molecule has 0 bridgehead atoms. The number of aromatic nitrogens is 1. The molecule has 0 amide bonds. The molecule has 3 aromatic rings. The van der Waals surface area contributed by atoms with Gasteiger partial charge in [-0.2, -0.15) is 5.26 Å². The maximum atomic E-state index is 8.79. The molecule has 0 saturated heterocycles. The zero-order valence-electron chi connectivity index (χ0n) is 10.4. The van der Waals surface area contributed by atoms with E-state index in [1.54, 1.807) is 0 Å². The molecular formula is C16H14N2. The maximum Gasteiger partial charge on any atom is 0.0640 e. The summed E-state index contributed by atoms with van der Waals surface area (Å²) in [6, 6.07) is 17.1. The highest BCUT2D eigenvalue weighted by Crippen LogP contribution is 2.29. The Kier molecular flexibility index (Phi) is 2.53. The van der Waals surface area contributed by atoms with E-state index in [1.165, 1.54) is 27.4 Å². The molecule has 3 rings (SSSR count). The van der Waals surface area contributed by atoms with Crippen LogP contribution >= 0.6 is 0 Å². The third-order valence-electron chi connectivity index (χ3n) is 3.38. The number of aryl methyl sites for hydroxylation is 2. The van der Waals surface area contributed by atoms with Gasteiger partial charge in [0, 0.05) is 28.4 Å². The Morgan fingerprint density at radius 1 is 1.06 bits per heavy atom. The molecule has 0 fully saturated rings. The van der Waals surface area contributed by atoms with Crippen molar-refractivity contribution in [2.45, 2.75) is 19.9 Å². The van der Waals surface area contributed by atoms with Crippen LogP contribution < -0.4 is 0 Å². The minimum Gasteiger partial charge on any atom is -0.339 e. The largest absolute Gasteiger partial charge is 0.339 e. The van der Waals surface area contributed by atoms with Gasteiger partial charge in [0.15, 0.2) is 0 Å². The number of nitrogens with zero attached hydrogens (tertiary/aromatic N) is 2. The average Bonchev–Trinajstić information content (AvgIpc) is 2.70. The fourth-order valence-corrected chi connectivity index (χ4v) is 2.57. The molecule has 0 N–H and O–H groups in total. The number of rotatable bonds is 2. The van der Waals surface area contributed by atoms with E-state index in [4.69, 9.17) is 5.26 Å². The quantitative estimate of drug-likeness (QED) is 0.658. The predicted molar refractivity (Wildman–Crippen MR) is 74.4 cm³/mol. The first-order valence-electron chi connectivity index (χ1n) is 6.16. The first-order chi connectivity index (χ1) is 8.81. The van der Waals surface area contributed by atoms with Crippen molar-refractivity contribution in [3.05, 3.63) is 48.0 Å². The van der Waals surface area contributed by atoms with Gasteiger partial charge in [0.25, 0.3) is 0 Å². The highest BCUT2D eigenvalue weighted by atomic mass is 15.0. The van der Waals surface area contributed by atoms with Crippen molar-refractivity contribution in [1.82, 2.24) is 4.57 Å². The van der Waals surface area contributed by atoms with Crippen molar-refractivity contribution in [3.63, 3.8) is 0 Å². The second-order valence-corrected chi connectivity index (χ2v) is 4.60. The molecule has 2 nitrogen and oxygen atoms in total. The normalized spacial score (nSPS) is 10.9. The van der Waals surface area contributed by atoms with Crippen molar-refractivity contribution in [3.8, 4) is 6.07 Å². The second kappa shape index (κ2) is 4.19. The maximum absolute atomic E-state index is 8.79. The molecule has 2 heteroatoms. The molecule has 18 heavy (non-hydrogen) atoms. The molecule has 0 aliphatic carbocycles. The van der Waals surface area contributed by atoms with E-state index in [2.05, 4.69) is 60.0 Å². The second-order valence-electron chi connectivity index (χ2n) is 4.60. The summed E-state index contributed by atoms with van der Waals surface area (Å²) in [7, 11) is 0. The Bertz CT molecular complexity index is 760. The number of hydrogen-bond acceptors (Lipinski definition) is 1. The fraction of sp³-hybridized carbons (Fsp3) is 0.188. The third-order valence-corrected chi connectivity index (χ3v) is 3.38. The molecule has 0 spiro atoms. The van der Waals surface area contributed by atoms with Crippen LogP contribution in [-0.2, 0) is 6.54 Å². The minimum atomic E-state index is 0.543. The molecule has 2 aromatic carbocycles. The van der Waals surface area contributed by atoms with Gasteiger partial charge in [-0.05, 0) is 25.1 Å². The summed E-state index contributed by atoms with van der Waals surface area (Å²) in [6.45, 7) is 2.87. The van der Waals surface area contributed by atoms with Gasteiger partial charge in [-0.15, -0.1) is 0 Å². The standard InChI is InChI=1S/C16H14N2/c1-12-7-8-16-14(11-12)13-5-2-3-6-15(13)18(16)10-4-9-17/h2-3,5-8,11H,4,10H2,1H3. The minimum absolute atomic E-state index is 0.543. The van der Waals surface area contributed by atoms with E-state index in [1.807, 2.05) is 0 Å². The lowest BCUT2D eigenvalue weighted by Gasteiger charge is -2.04. The molecule has 0 unspecified atom stereocenters. The summed E-state index contributed by atoms with van der Waals surface area (Å²) in [5, 5.41) is 11.3. The topological polar surface area (TPSA) is 28.7 Å². The molecule has 1 heterocycles. The van der Waals surface area contributed by atoms with Crippen molar-refractivity contribution < 1.29 is 0 Å². The number of fused-ring (bicyclic) bond motifs is 3. The van der Waals surface area contributed by atoms with Crippen LogP contribution in [0.15, 0.2) is 42.5 Å². The van der Waals surface area contributed by atoms with E-state index in [9.17, 15) is 0 Å². The number of para-hydroxylation sites is 1. The van der Waals surface area contributed by atoms with Gasteiger partial charge in [-0.25, -0.2) is 0 Å². The summed E-state index contributed by atoms with van der Waals surface area (Å²) in [5.41, 5.74) is 3.70. The zero-order valence-corrected chi connectivity index (χ0v) is 10.4. The van der Waals surface area contributed by atoms with Gasteiger partial charge >= 0.3 is 0 Å². The highest BCUT2D eigenvalue weighted by molar-refractivity contribution is 6.08. The molecule has 88 valence electrons. The summed E-state index contributed by atoms with van der Waals surface area (Å²) in [5.74, 6) is 0. The van der Waals surface area contributed by atoms with Crippen LogP contribution in [0.25, 0.3) is 21.8 Å². The Morgan fingerprint density at radius 3 is 2.67 bits per heavy atom. The number of nitriles is 1. The first-order valence-corrected chi connectivity index (χ1v) is 6.16. The van der Waals surface area contributed by atoms with Crippen LogP contribution in [0.5, 0.6) is 0 Å². The van der Waals surface area contributed by atoms with Crippen LogP contribution in [-0.4, -0.2) is 4.57 Å². The van der Waals surface area contributed by atoms with Gasteiger partial charge in [0.1, 0.15) is 0 Å². The lowest BCUT2D eigenvalue weighted by Crippen LogP contribution is -1.96. The Labute approximate surface area is 106 Å². The van der Waals surface area contributed by atoms with Gasteiger partial charge in [-0.1, -0.05) is 29.8 Å². The first kappa shape index (κ1) is 10.9. The molecule has 0 radical (unpaired) electrons. The van der Waals surface area contributed by atoms with Gasteiger partial charge in [0.05, 0.1) is 12.5 Å². The van der Waals surface area contributed by atoms with Crippen LogP contribution in [0.2, 0.25) is 0 Å². The Hall–Kier alpha value is -2.27. The van der Waals surface area contributed by atoms with E-state index in [-0.39, 0.29) is 0 Å². The summed E-state index contributed by atoms with van der Waals surface area (Å²) in [6.07, 6.45) is 0.543. The van der Waals surface area contributed by atoms with Gasteiger partial charge in [-0.3, -0.25) is 0 Å². The lowest BCUT2D eigenvalue weighted by atomic mass is 10.1. The van der Waals surface area contributed by atoms with Gasteiger partial charge in [0.2, 0.25) is 0 Å². The SMILES string of the molecule is Cc1ccc2c(c1)c1ccccc1n2CCC#N. The number of benzene rings is 2. The average molecular weight is 234 g/mol. The monoisotopic (exact) mass is 234 g/mol. The molecule has 0 aliphatic rings. The highest BCUT2D eigenvalue weighted by Gasteiger charge is 2.09. The summed E-state index contributed by atoms with van der Waals surface area (Å²) in [4.78, 5) is 0. The van der Waals surface area contributed by atoms with Crippen molar-refractivity contribution in [1.29, 1.82) is 5.26 Å². The smallest absolute Gasteiger partial charge is 0.0640 e. The van der Waals surface area contributed by atoms with Gasteiger partial charge < -0.3 is 4.57 Å². The number of hydrogen-bond donors (Lipinski definition) is 0. The molecule has 1 aromatic heterocycles. The van der Waals surface area contributed by atoms with E-state index in [0.29, 0.717) is 6.42 Å². The van der Waals surface area contributed by atoms with Crippen molar-refractivity contribution in [2.75, 3.05) is 0 Å². The Morgan fingerprint density at radius 2 is 1.83 bits per heavy atom.